The molecule has 1 aliphatic heterocycles. The van der Waals surface area contributed by atoms with Gasteiger partial charge in [0.05, 0.1) is 18.2 Å². The van der Waals surface area contributed by atoms with Gasteiger partial charge in [-0.3, -0.25) is 0 Å². The van der Waals surface area contributed by atoms with Crippen molar-refractivity contribution in [2.75, 3.05) is 18.5 Å². The summed E-state index contributed by atoms with van der Waals surface area (Å²) in [5.41, 5.74) is 0.259. The lowest BCUT2D eigenvalue weighted by atomic mass is 10.1. The molecule has 0 atom stereocenters. The summed E-state index contributed by atoms with van der Waals surface area (Å²) in [7, 11) is 0. The van der Waals surface area contributed by atoms with Gasteiger partial charge in [0.25, 0.3) is 0 Å². The minimum atomic E-state index is -4.37. The number of alkyl halides is 3. The zero-order valence-electron chi connectivity index (χ0n) is 13.2. The van der Waals surface area contributed by atoms with Crippen molar-refractivity contribution in [3.8, 4) is 0 Å². The summed E-state index contributed by atoms with van der Waals surface area (Å²) in [4.78, 5) is 0. The van der Waals surface area contributed by atoms with Crippen LogP contribution in [0.25, 0.3) is 0 Å². The maximum atomic E-state index is 12.9. The maximum Gasteiger partial charge on any atom is 0.416 e. The zero-order chi connectivity index (χ0) is 17.2. The number of nitrogens with zero attached hydrogens (tertiary/aromatic N) is 4. The first-order valence-corrected chi connectivity index (χ1v) is 7.71. The van der Waals surface area contributed by atoms with E-state index in [1.54, 1.807) is 17.7 Å². The van der Waals surface area contributed by atoms with Gasteiger partial charge in [-0.1, -0.05) is 0 Å². The molecular weight excluding hydrogens is 323 g/mol. The van der Waals surface area contributed by atoms with E-state index in [9.17, 15) is 13.2 Å². The van der Waals surface area contributed by atoms with Crippen LogP contribution in [0.5, 0.6) is 0 Å². The first kappa shape index (κ1) is 16.7. The first-order chi connectivity index (χ1) is 11.4. The van der Waals surface area contributed by atoms with Crippen molar-refractivity contribution < 1.29 is 17.9 Å². The molecule has 2 aromatic rings. The minimum absolute atomic E-state index is 0.161. The molecule has 1 aromatic carbocycles. The number of hydrogen-bond donors (Lipinski definition) is 1. The van der Waals surface area contributed by atoms with Gasteiger partial charge in [-0.25, -0.2) is 4.68 Å². The van der Waals surface area contributed by atoms with Gasteiger partial charge >= 0.3 is 6.18 Å². The molecule has 6 nitrogen and oxygen atoms in total. The minimum Gasteiger partial charge on any atom is -0.381 e. The summed E-state index contributed by atoms with van der Waals surface area (Å²) in [5, 5.41) is 14.7. The first-order valence-electron chi connectivity index (χ1n) is 7.71. The van der Waals surface area contributed by atoms with Crippen LogP contribution in [0.15, 0.2) is 18.2 Å². The van der Waals surface area contributed by atoms with E-state index >= 15 is 0 Å². The topological polar surface area (TPSA) is 64.9 Å². The predicted octanol–water partition coefficient (Wildman–Crippen LogP) is 2.96. The fourth-order valence-electron chi connectivity index (χ4n) is 2.77. The molecule has 130 valence electrons. The lowest BCUT2D eigenvalue weighted by molar-refractivity contribution is -0.137. The van der Waals surface area contributed by atoms with Crippen molar-refractivity contribution in [1.82, 2.24) is 20.2 Å². The summed E-state index contributed by atoms with van der Waals surface area (Å²) in [6.07, 6.45) is -2.73. The number of hydrogen-bond acceptors (Lipinski definition) is 5. The third kappa shape index (κ3) is 3.84. The van der Waals surface area contributed by atoms with E-state index in [2.05, 4.69) is 20.8 Å². The van der Waals surface area contributed by atoms with Crippen LogP contribution < -0.4 is 5.32 Å². The van der Waals surface area contributed by atoms with E-state index in [-0.39, 0.29) is 12.6 Å². The molecule has 0 bridgehead atoms. The Kier molecular flexibility index (Phi) is 4.70. The zero-order valence-corrected chi connectivity index (χ0v) is 13.2. The van der Waals surface area contributed by atoms with Crippen LogP contribution in [0.4, 0.5) is 18.9 Å². The highest BCUT2D eigenvalue weighted by Crippen LogP contribution is 2.32. The molecule has 1 aromatic heterocycles. The van der Waals surface area contributed by atoms with Crippen molar-refractivity contribution >= 4 is 5.69 Å². The van der Waals surface area contributed by atoms with Crippen molar-refractivity contribution in [3.63, 3.8) is 0 Å². The summed E-state index contributed by atoms with van der Waals surface area (Å²) in [6, 6.07) is 4.04. The van der Waals surface area contributed by atoms with E-state index in [1.165, 1.54) is 0 Å². The Morgan fingerprint density at radius 2 is 2.00 bits per heavy atom. The quantitative estimate of drug-likeness (QED) is 0.926. The summed E-state index contributed by atoms with van der Waals surface area (Å²) < 4.78 is 45.7. The largest absolute Gasteiger partial charge is 0.416 e. The lowest BCUT2D eigenvalue weighted by Crippen LogP contribution is -2.23. The molecule has 0 radical (unpaired) electrons. The Labute approximate surface area is 137 Å². The van der Waals surface area contributed by atoms with Gasteiger partial charge < -0.3 is 10.1 Å². The normalized spacial score (nSPS) is 16.3. The van der Waals surface area contributed by atoms with Crippen LogP contribution >= 0.6 is 0 Å². The number of aryl methyl sites for hydroxylation is 1. The third-order valence-electron chi connectivity index (χ3n) is 3.95. The van der Waals surface area contributed by atoms with E-state index in [0.29, 0.717) is 30.3 Å². The highest BCUT2D eigenvalue weighted by Gasteiger charge is 2.31. The fraction of sp³-hybridized carbons (Fsp3) is 0.533. The van der Waals surface area contributed by atoms with Crippen LogP contribution in [-0.4, -0.2) is 33.4 Å². The monoisotopic (exact) mass is 341 g/mol. The summed E-state index contributed by atoms with van der Waals surface area (Å²) >= 11 is 0. The Hall–Kier alpha value is -2.16. The molecule has 0 amide bonds. The Bertz CT molecular complexity index is 695. The maximum absolute atomic E-state index is 12.9. The Morgan fingerprint density at radius 1 is 1.25 bits per heavy atom. The number of rotatable bonds is 4. The van der Waals surface area contributed by atoms with Gasteiger partial charge in [-0.05, 0) is 54.0 Å². The molecule has 3 rings (SSSR count). The number of tetrazole rings is 1. The Morgan fingerprint density at radius 3 is 2.71 bits per heavy atom. The van der Waals surface area contributed by atoms with Crippen LogP contribution in [0.3, 0.4) is 0 Å². The number of ether oxygens (including phenoxy) is 1. The van der Waals surface area contributed by atoms with Crippen LogP contribution in [0.2, 0.25) is 0 Å². The molecule has 9 heteroatoms. The molecule has 0 unspecified atom stereocenters. The molecule has 1 fully saturated rings. The molecule has 0 saturated carbocycles. The average Bonchev–Trinajstić information content (AvgIpc) is 3.01. The van der Waals surface area contributed by atoms with Crippen LogP contribution in [-0.2, 0) is 17.5 Å². The molecule has 0 spiro atoms. The number of nitrogens with one attached hydrogen (secondary N) is 1. The second-order valence-electron chi connectivity index (χ2n) is 5.82. The molecule has 0 aliphatic carbocycles. The van der Waals surface area contributed by atoms with Gasteiger partial charge in [0.2, 0.25) is 0 Å². The van der Waals surface area contributed by atoms with Gasteiger partial charge in [-0.15, -0.1) is 5.10 Å². The van der Waals surface area contributed by atoms with Crippen LogP contribution in [0.1, 0.15) is 35.8 Å². The Balaban J connectivity index is 1.73. The smallest absolute Gasteiger partial charge is 0.381 e. The summed E-state index contributed by atoms with van der Waals surface area (Å²) in [6.45, 7) is 3.20. The third-order valence-corrected chi connectivity index (χ3v) is 3.95. The van der Waals surface area contributed by atoms with Crippen LogP contribution in [0, 0.1) is 6.92 Å². The standard InChI is InChI=1S/C15H18F3N5O/c1-10-6-11(15(16,17)18)8-12(7-10)19-9-14-20-21-22-23(14)13-2-4-24-5-3-13/h6-8,13,19H,2-5,9H2,1H3. The summed E-state index contributed by atoms with van der Waals surface area (Å²) in [5.74, 6) is 0.594. The van der Waals surface area contributed by atoms with Crippen molar-refractivity contribution in [2.45, 2.75) is 38.5 Å². The highest BCUT2D eigenvalue weighted by atomic mass is 19.4. The van der Waals surface area contributed by atoms with Gasteiger partial charge in [0, 0.05) is 18.9 Å². The molecule has 1 N–H and O–H groups in total. The lowest BCUT2D eigenvalue weighted by Gasteiger charge is -2.22. The molecule has 2 heterocycles. The van der Waals surface area contributed by atoms with Crippen molar-refractivity contribution in [2.24, 2.45) is 0 Å². The number of halogens is 3. The molecule has 24 heavy (non-hydrogen) atoms. The molecule has 1 saturated heterocycles. The van der Waals surface area contributed by atoms with Gasteiger partial charge in [0.1, 0.15) is 0 Å². The number of benzene rings is 1. The molecule has 1 aliphatic rings. The van der Waals surface area contributed by atoms with E-state index in [0.717, 1.165) is 25.0 Å². The number of anilines is 1. The van der Waals surface area contributed by atoms with E-state index < -0.39 is 11.7 Å². The van der Waals surface area contributed by atoms with E-state index in [1.807, 2.05) is 0 Å². The van der Waals surface area contributed by atoms with Gasteiger partial charge in [0.15, 0.2) is 5.82 Å². The fourth-order valence-corrected chi connectivity index (χ4v) is 2.77. The number of aromatic nitrogens is 4. The van der Waals surface area contributed by atoms with Crippen molar-refractivity contribution in [3.05, 3.63) is 35.2 Å². The second kappa shape index (κ2) is 6.76. The van der Waals surface area contributed by atoms with E-state index in [4.69, 9.17) is 4.74 Å². The van der Waals surface area contributed by atoms with Crippen molar-refractivity contribution in [1.29, 1.82) is 0 Å². The SMILES string of the molecule is Cc1cc(NCc2nnnn2C2CCOCC2)cc(C(F)(F)F)c1. The average molecular weight is 341 g/mol. The highest BCUT2D eigenvalue weighted by molar-refractivity contribution is 5.49. The van der Waals surface area contributed by atoms with Gasteiger partial charge in [-0.2, -0.15) is 13.2 Å². The molecular formula is C15H18F3N5O. The second-order valence-corrected chi connectivity index (χ2v) is 5.82. The predicted molar refractivity (Wildman–Crippen MR) is 80.4 cm³/mol.